The number of benzene rings is 1. The minimum Gasteiger partial charge on any atom is -0.439 e. The second kappa shape index (κ2) is 4.80. The zero-order chi connectivity index (χ0) is 12.3. The molecule has 1 heterocycles. The molecule has 0 spiro atoms. The SMILES string of the molecule is Cc1cccc(Oc2nc(NN)ncc2C)c1. The number of ether oxygens (including phenoxy) is 1. The third-order valence-electron chi connectivity index (χ3n) is 2.26. The van der Waals surface area contributed by atoms with Crippen molar-refractivity contribution < 1.29 is 4.74 Å². The predicted octanol–water partition coefficient (Wildman–Crippen LogP) is 2.17. The molecule has 0 bridgehead atoms. The molecule has 2 aromatic rings. The van der Waals surface area contributed by atoms with Crippen molar-refractivity contribution in [1.29, 1.82) is 0 Å². The Morgan fingerprint density at radius 1 is 1.29 bits per heavy atom. The lowest BCUT2D eigenvalue weighted by Crippen LogP contribution is -2.11. The van der Waals surface area contributed by atoms with E-state index in [2.05, 4.69) is 15.4 Å². The number of hydrogen-bond acceptors (Lipinski definition) is 5. The van der Waals surface area contributed by atoms with Crippen LogP contribution in [0.5, 0.6) is 11.6 Å². The summed E-state index contributed by atoms with van der Waals surface area (Å²) in [6.07, 6.45) is 1.66. The number of hydrogen-bond donors (Lipinski definition) is 2. The Hall–Kier alpha value is -2.14. The number of nitrogens with zero attached hydrogens (tertiary/aromatic N) is 2. The third-order valence-corrected chi connectivity index (χ3v) is 2.26. The van der Waals surface area contributed by atoms with Crippen molar-refractivity contribution >= 4 is 5.95 Å². The Morgan fingerprint density at radius 3 is 2.82 bits per heavy atom. The van der Waals surface area contributed by atoms with Gasteiger partial charge in [0.25, 0.3) is 0 Å². The highest BCUT2D eigenvalue weighted by Crippen LogP contribution is 2.23. The van der Waals surface area contributed by atoms with Gasteiger partial charge in [-0.05, 0) is 31.5 Å². The van der Waals surface area contributed by atoms with Gasteiger partial charge in [0.2, 0.25) is 11.8 Å². The van der Waals surface area contributed by atoms with E-state index in [4.69, 9.17) is 10.6 Å². The van der Waals surface area contributed by atoms with E-state index in [1.165, 1.54) is 0 Å². The zero-order valence-electron chi connectivity index (χ0n) is 9.77. The summed E-state index contributed by atoms with van der Waals surface area (Å²) >= 11 is 0. The Morgan fingerprint density at radius 2 is 2.12 bits per heavy atom. The largest absolute Gasteiger partial charge is 0.439 e. The number of anilines is 1. The average Bonchev–Trinajstić information content (AvgIpc) is 2.32. The fourth-order valence-corrected chi connectivity index (χ4v) is 1.39. The monoisotopic (exact) mass is 230 g/mol. The van der Waals surface area contributed by atoms with Crippen molar-refractivity contribution in [3.05, 3.63) is 41.6 Å². The molecule has 0 fully saturated rings. The van der Waals surface area contributed by atoms with Gasteiger partial charge in [-0.3, -0.25) is 5.43 Å². The summed E-state index contributed by atoms with van der Waals surface area (Å²) in [6, 6.07) is 7.76. The molecule has 88 valence electrons. The summed E-state index contributed by atoms with van der Waals surface area (Å²) in [7, 11) is 0. The van der Waals surface area contributed by atoms with Crippen molar-refractivity contribution in [2.45, 2.75) is 13.8 Å². The first kappa shape index (κ1) is 11.3. The van der Waals surface area contributed by atoms with Gasteiger partial charge in [0, 0.05) is 11.8 Å². The minimum atomic E-state index is 0.332. The van der Waals surface area contributed by atoms with E-state index in [9.17, 15) is 0 Å². The van der Waals surface area contributed by atoms with Gasteiger partial charge in [-0.2, -0.15) is 4.98 Å². The molecule has 0 amide bonds. The van der Waals surface area contributed by atoms with E-state index in [-0.39, 0.29) is 0 Å². The molecule has 2 rings (SSSR count). The first-order valence-corrected chi connectivity index (χ1v) is 5.24. The molecule has 0 saturated heterocycles. The van der Waals surface area contributed by atoms with Crippen molar-refractivity contribution in [1.82, 2.24) is 9.97 Å². The third kappa shape index (κ3) is 2.70. The number of hydrazine groups is 1. The molecule has 5 heteroatoms. The van der Waals surface area contributed by atoms with Crippen LogP contribution in [0.15, 0.2) is 30.5 Å². The van der Waals surface area contributed by atoms with Gasteiger partial charge in [0.05, 0.1) is 0 Å². The molecule has 0 radical (unpaired) electrons. The number of rotatable bonds is 3. The standard InChI is InChI=1S/C12H14N4O/c1-8-4-3-5-10(6-8)17-11-9(2)7-14-12(15-11)16-13/h3-7H,13H2,1-2H3,(H,14,15,16). The van der Waals surface area contributed by atoms with Crippen LogP contribution in [0.2, 0.25) is 0 Å². The fourth-order valence-electron chi connectivity index (χ4n) is 1.39. The van der Waals surface area contributed by atoms with E-state index in [0.717, 1.165) is 16.9 Å². The normalized spacial score (nSPS) is 10.1. The number of aryl methyl sites for hydroxylation is 2. The summed E-state index contributed by atoms with van der Waals surface area (Å²) in [5.41, 5.74) is 4.37. The quantitative estimate of drug-likeness (QED) is 0.624. The van der Waals surface area contributed by atoms with Gasteiger partial charge in [0.15, 0.2) is 0 Å². The smallest absolute Gasteiger partial charge is 0.240 e. The molecule has 0 aliphatic rings. The lowest BCUT2D eigenvalue weighted by atomic mass is 10.2. The highest BCUT2D eigenvalue weighted by atomic mass is 16.5. The van der Waals surface area contributed by atoms with Crippen LogP contribution in [0.1, 0.15) is 11.1 Å². The first-order valence-electron chi connectivity index (χ1n) is 5.24. The second-order valence-corrected chi connectivity index (χ2v) is 3.74. The molecule has 3 N–H and O–H groups in total. The van der Waals surface area contributed by atoms with Gasteiger partial charge >= 0.3 is 0 Å². The summed E-state index contributed by atoms with van der Waals surface area (Å²) < 4.78 is 5.69. The van der Waals surface area contributed by atoms with Gasteiger partial charge in [0.1, 0.15) is 5.75 Å². The van der Waals surface area contributed by atoms with Crippen LogP contribution in [0.3, 0.4) is 0 Å². The summed E-state index contributed by atoms with van der Waals surface area (Å²) in [6.45, 7) is 3.89. The minimum absolute atomic E-state index is 0.332. The zero-order valence-corrected chi connectivity index (χ0v) is 9.77. The van der Waals surface area contributed by atoms with Crippen molar-refractivity contribution in [3.63, 3.8) is 0 Å². The average molecular weight is 230 g/mol. The van der Waals surface area contributed by atoms with E-state index >= 15 is 0 Å². The molecule has 17 heavy (non-hydrogen) atoms. The highest BCUT2D eigenvalue weighted by Gasteiger charge is 2.05. The van der Waals surface area contributed by atoms with Crippen molar-refractivity contribution in [3.8, 4) is 11.6 Å². The van der Waals surface area contributed by atoms with Crippen LogP contribution in [-0.4, -0.2) is 9.97 Å². The van der Waals surface area contributed by atoms with Crippen molar-refractivity contribution in [2.75, 3.05) is 5.43 Å². The molecular formula is C12H14N4O. The van der Waals surface area contributed by atoms with Crippen LogP contribution < -0.4 is 16.0 Å². The van der Waals surface area contributed by atoms with Crippen LogP contribution in [0.4, 0.5) is 5.95 Å². The Kier molecular flexibility index (Phi) is 3.20. The molecular weight excluding hydrogens is 216 g/mol. The van der Waals surface area contributed by atoms with E-state index in [1.807, 2.05) is 38.1 Å². The molecule has 0 aliphatic carbocycles. The predicted molar refractivity (Wildman–Crippen MR) is 65.8 cm³/mol. The maximum absolute atomic E-state index is 5.69. The maximum atomic E-state index is 5.69. The summed E-state index contributed by atoms with van der Waals surface area (Å²) in [4.78, 5) is 8.14. The number of aromatic nitrogens is 2. The van der Waals surface area contributed by atoms with Crippen LogP contribution in [0, 0.1) is 13.8 Å². The molecule has 0 atom stereocenters. The second-order valence-electron chi connectivity index (χ2n) is 3.74. The fraction of sp³-hybridized carbons (Fsp3) is 0.167. The molecule has 0 aliphatic heterocycles. The summed E-state index contributed by atoms with van der Waals surface area (Å²) in [5.74, 6) is 6.83. The molecule has 1 aromatic carbocycles. The van der Waals surface area contributed by atoms with Gasteiger partial charge in [-0.25, -0.2) is 10.8 Å². The van der Waals surface area contributed by atoms with E-state index in [1.54, 1.807) is 6.20 Å². The van der Waals surface area contributed by atoms with E-state index in [0.29, 0.717) is 11.8 Å². The maximum Gasteiger partial charge on any atom is 0.240 e. The Labute approximate surface area is 99.6 Å². The van der Waals surface area contributed by atoms with E-state index < -0.39 is 0 Å². The lowest BCUT2D eigenvalue weighted by Gasteiger charge is -2.08. The lowest BCUT2D eigenvalue weighted by molar-refractivity contribution is 0.458. The first-order chi connectivity index (χ1) is 8.19. The summed E-state index contributed by atoms with van der Waals surface area (Å²) in [5, 5.41) is 0. The number of nitrogens with two attached hydrogens (primary N) is 1. The van der Waals surface area contributed by atoms with Crippen LogP contribution in [-0.2, 0) is 0 Å². The Balaban J connectivity index is 2.29. The Bertz CT molecular complexity index is 528. The molecule has 5 nitrogen and oxygen atoms in total. The van der Waals surface area contributed by atoms with Crippen LogP contribution in [0.25, 0.3) is 0 Å². The number of nitrogen functional groups attached to an aromatic ring is 1. The molecule has 1 aromatic heterocycles. The van der Waals surface area contributed by atoms with Gasteiger partial charge < -0.3 is 4.74 Å². The van der Waals surface area contributed by atoms with Gasteiger partial charge in [-0.1, -0.05) is 12.1 Å². The van der Waals surface area contributed by atoms with Crippen LogP contribution >= 0.6 is 0 Å². The van der Waals surface area contributed by atoms with Gasteiger partial charge in [-0.15, -0.1) is 0 Å². The highest BCUT2D eigenvalue weighted by molar-refractivity contribution is 5.36. The molecule has 0 unspecified atom stereocenters. The number of nitrogens with one attached hydrogen (secondary N) is 1. The molecule has 0 saturated carbocycles. The van der Waals surface area contributed by atoms with Crippen molar-refractivity contribution in [2.24, 2.45) is 5.84 Å². The topological polar surface area (TPSA) is 73.1 Å².